The Morgan fingerprint density at radius 2 is 2.00 bits per heavy atom. The lowest BCUT2D eigenvalue weighted by molar-refractivity contribution is -0.148. The summed E-state index contributed by atoms with van der Waals surface area (Å²) in [7, 11) is 0. The van der Waals surface area contributed by atoms with Gasteiger partial charge in [0, 0.05) is 12.8 Å². The van der Waals surface area contributed by atoms with Crippen LogP contribution in [0, 0.1) is 11.3 Å². The number of nitriles is 1. The number of carbonyl (C=O) groups is 2. The van der Waals surface area contributed by atoms with E-state index < -0.39 is 0 Å². The third-order valence-corrected chi connectivity index (χ3v) is 2.93. The van der Waals surface area contributed by atoms with E-state index in [-0.39, 0.29) is 25.0 Å². The second kappa shape index (κ2) is 6.01. The van der Waals surface area contributed by atoms with Crippen LogP contribution >= 0.6 is 0 Å². The summed E-state index contributed by atoms with van der Waals surface area (Å²) in [5.74, 6) is 0.298. The minimum Gasteiger partial charge on any atom is -0.492 e. The molecule has 1 fully saturated rings. The monoisotopic (exact) mass is 258 g/mol. The number of benzene rings is 1. The lowest BCUT2D eigenvalue weighted by atomic mass is 10.1. The smallest absolute Gasteiger partial charge is 0.229 e. The molecular weight excluding hydrogens is 244 g/mol. The molecule has 5 heteroatoms. The molecule has 1 saturated heterocycles. The predicted octanol–water partition coefficient (Wildman–Crippen LogP) is 1.48. The molecule has 5 nitrogen and oxygen atoms in total. The Bertz CT molecular complexity index is 518. The highest BCUT2D eigenvalue weighted by Gasteiger charge is 2.25. The molecule has 0 radical (unpaired) electrons. The summed E-state index contributed by atoms with van der Waals surface area (Å²) in [6.07, 6.45) is 1.49. The third kappa shape index (κ3) is 3.32. The van der Waals surface area contributed by atoms with Gasteiger partial charge in [0.05, 0.1) is 18.2 Å². The molecule has 2 rings (SSSR count). The summed E-state index contributed by atoms with van der Waals surface area (Å²) in [4.78, 5) is 24.4. The van der Waals surface area contributed by atoms with Crippen molar-refractivity contribution < 1.29 is 14.3 Å². The minimum absolute atomic E-state index is 0.134. The molecule has 2 amide bonds. The molecule has 1 aliphatic rings. The Kier molecular flexibility index (Phi) is 4.14. The first-order valence-corrected chi connectivity index (χ1v) is 6.17. The third-order valence-electron chi connectivity index (χ3n) is 2.93. The maximum Gasteiger partial charge on any atom is 0.229 e. The first-order valence-electron chi connectivity index (χ1n) is 6.17. The number of hydrogen-bond donors (Lipinski definition) is 0. The molecule has 0 spiro atoms. The molecule has 1 heterocycles. The van der Waals surface area contributed by atoms with Crippen molar-refractivity contribution in [2.75, 3.05) is 13.2 Å². The quantitative estimate of drug-likeness (QED) is 0.767. The summed E-state index contributed by atoms with van der Waals surface area (Å²) in [6, 6.07) is 8.80. The van der Waals surface area contributed by atoms with E-state index in [9.17, 15) is 9.59 Å². The van der Waals surface area contributed by atoms with E-state index in [2.05, 4.69) is 0 Å². The molecule has 0 aliphatic carbocycles. The Labute approximate surface area is 111 Å². The van der Waals surface area contributed by atoms with E-state index in [1.165, 1.54) is 4.90 Å². The topological polar surface area (TPSA) is 70.4 Å². The van der Waals surface area contributed by atoms with Crippen molar-refractivity contribution >= 4 is 11.8 Å². The zero-order chi connectivity index (χ0) is 13.7. The van der Waals surface area contributed by atoms with Gasteiger partial charge in [-0.2, -0.15) is 5.26 Å². The number of hydrogen-bond acceptors (Lipinski definition) is 4. The normalized spacial score (nSPS) is 15.2. The lowest BCUT2D eigenvalue weighted by Gasteiger charge is -2.24. The fourth-order valence-electron chi connectivity index (χ4n) is 1.96. The van der Waals surface area contributed by atoms with Crippen molar-refractivity contribution in [3.05, 3.63) is 29.8 Å². The summed E-state index contributed by atoms with van der Waals surface area (Å²) in [5.41, 5.74) is 0.516. The van der Waals surface area contributed by atoms with Gasteiger partial charge in [-0.1, -0.05) is 6.07 Å². The molecular formula is C14H14N2O3. The van der Waals surface area contributed by atoms with Crippen molar-refractivity contribution in [2.24, 2.45) is 0 Å². The molecule has 0 atom stereocenters. The van der Waals surface area contributed by atoms with Crippen LogP contribution in [0.2, 0.25) is 0 Å². The fourth-order valence-corrected chi connectivity index (χ4v) is 1.96. The van der Waals surface area contributed by atoms with Gasteiger partial charge in [-0.05, 0) is 24.6 Å². The molecule has 98 valence electrons. The van der Waals surface area contributed by atoms with Crippen LogP contribution in [0.1, 0.15) is 24.8 Å². The molecule has 0 saturated carbocycles. The summed E-state index contributed by atoms with van der Waals surface area (Å²) < 4.78 is 5.45. The highest BCUT2D eigenvalue weighted by atomic mass is 16.5. The Morgan fingerprint density at radius 1 is 1.26 bits per heavy atom. The van der Waals surface area contributed by atoms with Crippen molar-refractivity contribution in [3.63, 3.8) is 0 Å². The number of likely N-dealkylation sites (tertiary alicyclic amines) is 1. The second-order valence-electron chi connectivity index (χ2n) is 4.28. The maximum absolute atomic E-state index is 11.6. The van der Waals surface area contributed by atoms with E-state index in [0.29, 0.717) is 30.6 Å². The molecule has 19 heavy (non-hydrogen) atoms. The highest BCUT2D eigenvalue weighted by molar-refractivity contribution is 5.97. The summed E-state index contributed by atoms with van der Waals surface area (Å²) in [6.45, 7) is 0.501. The number of ether oxygens (including phenoxy) is 1. The SMILES string of the molecule is N#Cc1cccc(OCCN2C(=O)CCCC2=O)c1. The lowest BCUT2D eigenvalue weighted by Crippen LogP contribution is -2.42. The van der Waals surface area contributed by atoms with Crippen LogP contribution in [0.5, 0.6) is 5.75 Å². The second-order valence-corrected chi connectivity index (χ2v) is 4.28. The van der Waals surface area contributed by atoms with Gasteiger partial charge in [0.1, 0.15) is 12.4 Å². The van der Waals surface area contributed by atoms with E-state index in [1.54, 1.807) is 24.3 Å². The summed E-state index contributed by atoms with van der Waals surface area (Å²) >= 11 is 0. The Balaban J connectivity index is 1.87. The van der Waals surface area contributed by atoms with Gasteiger partial charge in [-0.25, -0.2) is 0 Å². The number of imide groups is 1. The van der Waals surface area contributed by atoms with Crippen molar-refractivity contribution in [2.45, 2.75) is 19.3 Å². The van der Waals surface area contributed by atoms with E-state index in [4.69, 9.17) is 10.00 Å². The van der Waals surface area contributed by atoms with Crippen molar-refractivity contribution in [3.8, 4) is 11.8 Å². The fraction of sp³-hybridized carbons (Fsp3) is 0.357. The van der Waals surface area contributed by atoms with Crippen LogP contribution in [0.25, 0.3) is 0 Å². The van der Waals surface area contributed by atoms with Crippen LogP contribution in [-0.2, 0) is 9.59 Å². The van der Waals surface area contributed by atoms with Gasteiger partial charge in [-0.15, -0.1) is 0 Å². The largest absolute Gasteiger partial charge is 0.492 e. The Hall–Kier alpha value is -2.35. The van der Waals surface area contributed by atoms with Gasteiger partial charge in [0.2, 0.25) is 11.8 Å². The van der Waals surface area contributed by atoms with Crippen molar-refractivity contribution in [1.29, 1.82) is 5.26 Å². The minimum atomic E-state index is -0.134. The number of amides is 2. The average molecular weight is 258 g/mol. The van der Waals surface area contributed by atoms with E-state index >= 15 is 0 Å². The van der Waals surface area contributed by atoms with Gasteiger partial charge >= 0.3 is 0 Å². The first kappa shape index (κ1) is 13.1. The zero-order valence-electron chi connectivity index (χ0n) is 10.5. The maximum atomic E-state index is 11.6. The van der Waals surface area contributed by atoms with Gasteiger partial charge < -0.3 is 4.74 Å². The zero-order valence-corrected chi connectivity index (χ0v) is 10.5. The molecule has 0 unspecified atom stereocenters. The standard InChI is InChI=1S/C14H14N2O3/c15-10-11-3-1-4-12(9-11)19-8-7-16-13(17)5-2-6-14(16)18/h1,3-4,9H,2,5-8H2. The van der Waals surface area contributed by atoms with E-state index in [1.807, 2.05) is 6.07 Å². The van der Waals surface area contributed by atoms with Crippen LogP contribution in [0.3, 0.4) is 0 Å². The predicted molar refractivity (Wildman–Crippen MR) is 67.2 cm³/mol. The van der Waals surface area contributed by atoms with Gasteiger partial charge in [0.25, 0.3) is 0 Å². The molecule has 1 aliphatic heterocycles. The first-order chi connectivity index (χ1) is 9.20. The van der Waals surface area contributed by atoms with Crippen LogP contribution < -0.4 is 4.74 Å². The van der Waals surface area contributed by atoms with Crippen LogP contribution in [0.15, 0.2) is 24.3 Å². The van der Waals surface area contributed by atoms with E-state index in [0.717, 1.165) is 0 Å². The van der Waals surface area contributed by atoms with Crippen LogP contribution in [0.4, 0.5) is 0 Å². The number of carbonyl (C=O) groups excluding carboxylic acids is 2. The molecule has 1 aromatic rings. The number of rotatable bonds is 4. The molecule has 0 N–H and O–H groups in total. The number of piperidine rings is 1. The van der Waals surface area contributed by atoms with Crippen LogP contribution in [-0.4, -0.2) is 29.9 Å². The van der Waals surface area contributed by atoms with Crippen molar-refractivity contribution in [1.82, 2.24) is 4.90 Å². The highest BCUT2D eigenvalue weighted by Crippen LogP contribution is 2.14. The molecule has 1 aromatic carbocycles. The van der Waals surface area contributed by atoms with Gasteiger partial charge in [-0.3, -0.25) is 14.5 Å². The van der Waals surface area contributed by atoms with Gasteiger partial charge in [0.15, 0.2) is 0 Å². The molecule has 0 aromatic heterocycles. The number of nitrogens with zero attached hydrogens (tertiary/aromatic N) is 2. The summed E-state index contributed by atoms with van der Waals surface area (Å²) in [5, 5.41) is 8.76. The average Bonchev–Trinajstić information content (AvgIpc) is 2.42. The Morgan fingerprint density at radius 3 is 2.68 bits per heavy atom. The molecule has 0 bridgehead atoms.